The third-order valence-corrected chi connectivity index (χ3v) is 13.5. The molecule has 0 aromatic heterocycles. The first-order chi connectivity index (χ1) is 12.3. The maximum atomic E-state index is 13.4. The Kier molecular flexibility index (Phi) is 9.32. The van der Waals surface area contributed by atoms with Gasteiger partial charge in [-0.1, -0.05) is 0 Å². The SMILES string of the molecule is O=C(NC(CS(=O)(=O)O)(C(F)(F)F)C(F)(F)F)c1c(I)c(I)c(I)c(I)c1I. The van der Waals surface area contributed by atoms with Gasteiger partial charge < -0.3 is 5.32 Å². The van der Waals surface area contributed by atoms with Crippen LogP contribution in [0.5, 0.6) is 0 Å². The molecule has 0 bridgehead atoms. The molecule has 2 N–H and O–H groups in total. The summed E-state index contributed by atoms with van der Waals surface area (Å²) in [6, 6.07) is 0. The molecular formula is C11H4F6I5NO4S. The van der Waals surface area contributed by atoms with Gasteiger partial charge in [0.25, 0.3) is 16.0 Å². The van der Waals surface area contributed by atoms with Crippen LogP contribution < -0.4 is 5.32 Å². The van der Waals surface area contributed by atoms with E-state index in [9.17, 15) is 39.6 Å². The topological polar surface area (TPSA) is 83.5 Å². The van der Waals surface area contributed by atoms with E-state index in [1.54, 1.807) is 90.4 Å². The average Bonchev–Trinajstić information content (AvgIpc) is 2.47. The second-order valence-electron chi connectivity index (χ2n) is 5.03. The fraction of sp³-hybridized carbons (Fsp3) is 0.364. The molecule has 160 valence electrons. The van der Waals surface area contributed by atoms with Gasteiger partial charge in [-0.3, -0.25) is 9.35 Å². The van der Waals surface area contributed by atoms with E-state index in [4.69, 9.17) is 4.55 Å². The van der Waals surface area contributed by atoms with Crippen molar-refractivity contribution >= 4 is 129 Å². The monoisotopic (exact) mass is 994 g/mol. The van der Waals surface area contributed by atoms with E-state index in [0.717, 1.165) is 5.32 Å². The van der Waals surface area contributed by atoms with E-state index in [2.05, 4.69) is 0 Å². The molecule has 1 rings (SSSR count). The number of amides is 1. The molecule has 1 aromatic carbocycles. The predicted molar refractivity (Wildman–Crippen MR) is 129 cm³/mol. The molecule has 5 nitrogen and oxygen atoms in total. The molecule has 0 radical (unpaired) electrons. The summed E-state index contributed by atoms with van der Waals surface area (Å²) in [4.78, 5) is 12.5. The van der Waals surface area contributed by atoms with Crippen LogP contribution in [0.25, 0.3) is 0 Å². The van der Waals surface area contributed by atoms with Crippen molar-refractivity contribution < 1.29 is 44.1 Å². The maximum Gasteiger partial charge on any atom is 0.421 e. The Bertz CT molecular complexity index is 875. The molecule has 0 heterocycles. The Morgan fingerprint density at radius 2 is 1.14 bits per heavy atom. The van der Waals surface area contributed by atoms with E-state index in [1.165, 1.54) is 0 Å². The first-order valence-corrected chi connectivity index (χ1v) is 13.2. The zero-order valence-corrected chi connectivity index (χ0v) is 24.0. The molecule has 0 unspecified atom stereocenters. The van der Waals surface area contributed by atoms with E-state index in [-0.39, 0.29) is 7.14 Å². The first-order valence-electron chi connectivity index (χ1n) is 6.19. The Hall–Kier alpha value is 1.83. The molecule has 0 saturated heterocycles. The lowest BCUT2D eigenvalue weighted by atomic mass is 9.99. The first kappa shape index (κ1) is 27.9. The Morgan fingerprint density at radius 1 is 0.821 bits per heavy atom. The second kappa shape index (κ2) is 9.36. The van der Waals surface area contributed by atoms with Gasteiger partial charge in [0.05, 0.1) is 5.56 Å². The smallest absolute Gasteiger partial charge is 0.329 e. The minimum atomic E-state index is -6.27. The molecule has 1 aromatic rings. The van der Waals surface area contributed by atoms with Gasteiger partial charge in [0.1, 0.15) is 5.75 Å². The minimum Gasteiger partial charge on any atom is -0.329 e. The second-order valence-corrected chi connectivity index (χ2v) is 11.9. The van der Waals surface area contributed by atoms with Gasteiger partial charge in [0.2, 0.25) is 5.54 Å². The molecular weight excluding hydrogens is 991 g/mol. The van der Waals surface area contributed by atoms with E-state index < -0.39 is 45.2 Å². The summed E-state index contributed by atoms with van der Waals surface area (Å²) in [6.07, 6.45) is -12.5. The number of hydrogen-bond acceptors (Lipinski definition) is 3. The Balaban J connectivity index is 3.74. The average molecular weight is 995 g/mol. The molecule has 28 heavy (non-hydrogen) atoms. The Labute approximate surface area is 222 Å². The van der Waals surface area contributed by atoms with Gasteiger partial charge in [-0.15, -0.1) is 0 Å². The quantitative estimate of drug-likeness (QED) is 0.143. The molecule has 0 aliphatic rings. The summed E-state index contributed by atoms with van der Waals surface area (Å²) >= 11 is 8.66. The minimum absolute atomic E-state index is 0.0926. The fourth-order valence-electron chi connectivity index (χ4n) is 1.84. The molecule has 1 amide bonds. The van der Waals surface area contributed by atoms with Crippen molar-refractivity contribution in [2.45, 2.75) is 17.9 Å². The number of halogens is 11. The van der Waals surface area contributed by atoms with Gasteiger partial charge in [-0.2, -0.15) is 34.8 Å². The predicted octanol–water partition coefficient (Wildman–Crippen LogP) is 5.19. The third kappa shape index (κ3) is 5.79. The van der Waals surface area contributed by atoms with Crippen molar-refractivity contribution in [3.05, 3.63) is 23.4 Å². The van der Waals surface area contributed by atoms with Crippen molar-refractivity contribution in [2.75, 3.05) is 5.75 Å². The summed E-state index contributed by atoms with van der Waals surface area (Å²) in [5.41, 5.74) is -5.67. The highest BCUT2D eigenvalue weighted by Gasteiger charge is 2.73. The number of nitrogens with one attached hydrogen (secondary N) is 1. The molecule has 17 heteroatoms. The molecule has 0 saturated carbocycles. The normalized spacial score (nSPS) is 13.6. The van der Waals surface area contributed by atoms with Crippen LogP contribution in [-0.2, 0) is 10.1 Å². The standard InChI is InChI=1S/C11H4F6I5NO4S/c12-10(13,14)9(11(15,16)17,1-28(25,26)27)23-8(24)2-3(18)5(20)7(22)6(21)4(2)19/h1H2,(H,23,24)(H,25,26,27). The van der Waals surface area contributed by atoms with E-state index >= 15 is 0 Å². The van der Waals surface area contributed by atoms with Crippen LogP contribution in [0, 0.1) is 17.9 Å². The molecule has 0 aliphatic heterocycles. The molecule has 0 fully saturated rings. The largest absolute Gasteiger partial charge is 0.421 e. The van der Waals surface area contributed by atoms with Crippen LogP contribution in [0.4, 0.5) is 26.3 Å². The van der Waals surface area contributed by atoms with Gasteiger partial charge >= 0.3 is 12.4 Å². The Morgan fingerprint density at radius 3 is 1.43 bits per heavy atom. The highest BCUT2D eigenvalue weighted by atomic mass is 127. The third-order valence-electron chi connectivity index (χ3n) is 3.13. The number of rotatable bonds is 4. The number of alkyl halides is 6. The number of hydrogen-bond donors (Lipinski definition) is 2. The summed E-state index contributed by atoms with van der Waals surface area (Å²) in [6.45, 7) is 0. The fourth-order valence-corrected chi connectivity index (χ4v) is 8.03. The summed E-state index contributed by atoms with van der Waals surface area (Å²) in [5, 5.41) is 0.792. The van der Waals surface area contributed by atoms with Gasteiger partial charge in [0.15, 0.2) is 0 Å². The van der Waals surface area contributed by atoms with Crippen molar-refractivity contribution in [2.24, 2.45) is 0 Å². The zero-order chi connectivity index (χ0) is 22.5. The summed E-state index contributed by atoms with van der Waals surface area (Å²) in [5.74, 6) is -4.59. The van der Waals surface area contributed by atoms with Crippen molar-refractivity contribution in [1.29, 1.82) is 0 Å². The highest BCUT2D eigenvalue weighted by molar-refractivity contribution is 14.1. The molecule has 0 spiro atoms. The lowest BCUT2D eigenvalue weighted by Crippen LogP contribution is -2.70. The van der Waals surface area contributed by atoms with Gasteiger partial charge in [-0.25, -0.2) is 0 Å². The number of carbonyl (C=O) groups is 1. The lowest BCUT2D eigenvalue weighted by Gasteiger charge is -2.37. The molecule has 0 aliphatic carbocycles. The van der Waals surface area contributed by atoms with E-state index in [1.807, 2.05) is 22.6 Å². The summed E-state index contributed by atoms with van der Waals surface area (Å²) < 4.78 is 113. The van der Waals surface area contributed by atoms with Crippen LogP contribution in [-0.4, -0.2) is 42.5 Å². The zero-order valence-electron chi connectivity index (χ0n) is 12.4. The molecule has 0 atom stereocenters. The van der Waals surface area contributed by atoms with Crippen LogP contribution >= 0.6 is 113 Å². The van der Waals surface area contributed by atoms with Crippen molar-refractivity contribution in [1.82, 2.24) is 5.32 Å². The van der Waals surface area contributed by atoms with Crippen LogP contribution in [0.15, 0.2) is 0 Å². The van der Waals surface area contributed by atoms with Crippen LogP contribution in [0.3, 0.4) is 0 Å². The van der Waals surface area contributed by atoms with Crippen LogP contribution in [0.1, 0.15) is 10.4 Å². The van der Waals surface area contributed by atoms with E-state index in [0.29, 0.717) is 10.7 Å². The number of benzene rings is 1. The van der Waals surface area contributed by atoms with Gasteiger partial charge in [0, 0.05) is 17.9 Å². The lowest BCUT2D eigenvalue weighted by molar-refractivity contribution is -0.296. The van der Waals surface area contributed by atoms with Crippen molar-refractivity contribution in [3.63, 3.8) is 0 Å². The van der Waals surface area contributed by atoms with Crippen molar-refractivity contribution in [3.8, 4) is 0 Å². The maximum absolute atomic E-state index is 13.4. The number of carbonyl (C=O) groups excluding carboxylic acids is 1. The van der Waals surface area contributed by atoms with Gasteiger partial charge in [-0.05, 0) is 113 Å². The highest BCUT2D eigenvalue weighted by Crippen LogP contribution is 2.44. The van der Waals surface area contributed by atoms with Crippen LogP contribution in [0.2, 0.25) is 0 Å². The summed E-state index contributed by atoms with van der Waals surface area (Å²) in [7, 11) is -5.78.